The van der Waals surface area contributed by atoms with Crippen LogP contribution in [-0.4, -0.2) is 0 Å². The highest BCUT2D eigenvalue weighted by Gasteiger charge is 2.28. The average Bonchev–Trinajstić information content (AvgIpc) is 2.50. The van der Waals surface area contributed by atoms with Crippen molar-refractivity contribution in [3.63, 3.8) is 0 Å². The zero-order valence-corrected chi connectivity index (χ0v) is 7.22. The van der Waals surface area contributed by atoms with Gasteiger partial charge in [-0.3, -0.25) is 0 Å². The van der Waals surface area contributed by atoms with Gasteiger partial charge in [0.25, 0.3) is 0 Å². The zero-order valence-electron chi connectivity index (χ0n) is 7.22. The fourth-order valence-corrected chi connectivity index (χ4v) is 2.50. The largest absolute Gasteiger partial charge is 0.0808 e. The summed E-state index contributed by atoms with van der Waals surface area (Å²) in [6.07, 6.45) is 12.5. The van der Waals surface area contributed by atoms with E-state index in [2.05, 4.69) is 25.2 Å². The van der Waals surface area contributed by atoms with Crippen LogP contribution in [-0.2, 0) is 0 Å². The standard InChI is InChI=1S/C11H16/c1-2-9-5-3-6-10-7-4-8-11(9)10/h3,5-6,10-11H,2,4,7-8H2,1H3. The second-order valence-electron chi connectivity index (χ2n) is 3.68. The van der Waals surface area contributed by atoms with E-state index in [-0.39, 0.29) is 0 Å². The van der Waals surface area contributed by atoms with Gasteiger partial charge in [0, 0.05) is 0 Å². The maximum absolute atomic E-state index is 2.40. The number of fused-ring (bicyclic) bond motifs is 1. The van der Waals surface area contributed by atoms with Crippen LogP contribution in [0.25, 0.3) is 0 Å². The lowest BCUT2D eigenvalue weighted by Crippen LogP contribution is -2.10. The van der Waals surface area contributed by atoms with E-state index in [9.17, 15) is 0 Å². The van der Waals surface area contributed by atoms with Crippen LogP contribution in [0, 0.1) is 11.8 Å². The second kappa shape index (κ2) is 2.84. The Morgan fingerprint density at radius 2 is 2.36 bits per heavy atom. The Morgan fingerprint density at radius 3 is 3.18 bits per heavy atom. The van der Waals surface area contributed by atoms with Crippen molar-refractivity contribution < 1.29 is 0 Å². The molecule has 1 saturated carbocycles. The van der Waals surface area contributed by atoms with Gasteiger partial charge >= 0.3 is 0 Å². The summed E-state index contributed by atoms with van der Waals surface area (Å²) in [5.41, 5.74) is 1.69. The zero-order chi connectivity index (χ0) is 7.68. The summed E-state index contributed by atoms with van der Waals surface area (Å²) in [7, 11) is 0. The number of hydrogen-bond donors (Lipinski definition) is 0. The van der Waals surface area contributed by atoms with Crippen molar-refractivity contribution in [1.82, 2.24) is 0 Å². The Hall–Kier alpha value is -0.520. The Balaban J connectivity index is 2.19. The van der Waals surface area contributed by atoms with Crippen LogP contribution >= 0.6 is 0 Å². The lowest BCUT2D eigenvalue weighted by Gasteiger charge is -2.21. The fraction of sp³-hybridized carbons (Fsp3) is 0.636. The normalized spacial score (nSPS) is 35.2. The molecular formula is C11H16. The fourth-order valence-electron chi connectivity index (χ4n) is 2.50. The lowest BCUT2D eigenvalue weighted by atomic mass is 9.84. The minimum Gasteiger partial charge on any atom is -0.0808 e. The van der Waals surface area contributed by atoms with E-state index < -0.39 is 0 Å². The van der Waals surface area contributed by atoms with Crippen LogP contribution in [0.1, 0.15) is 32.6 Å². The first-order valence-corrected chi connectivity index (χ1v) is 4.79. The van der Waals surface area contributed by atoms with Crippen molar-refractivity contribution in [3.8, 4) is 0 Å². The number of allylic oxidation sites excluding steroid dienone is 4. The van der Waals surface area contributed by atoms with Gasteiger partial charge in [0.05, 0.1) is 0 Å². The molecule has 0 bridgehead atoms. The summed E-state index contributed by atoms with van der Waals surface area (Å²) < 4.78 is 0. The predicted octanol–water partition coefficient (Wildman–Crippen LogP) is 3.31. The van der Waals surface area contributed by atoms with E-state index in [1.165, 1.54) is 25.7 Å². The highest BCUT2D eigenvalue weighted by atomic mass is 14.3. The predicted molar refractivity (Wildman–Crippen MR) is 48.3 cm³/mol. The summed E-state index contributed by atoms with van der Waals surface area (Å²) >= 11 is 0. The maximum Gasteiger partial charge on any atom is -0.0137 e. The lowest BCUT2D eigenvalue weighted by molar-refractivity contribution is 0.510. The molecule has 1 fully saturated rings. The third-order valence-electron chi connectivity index (χ3n) is 3.12. The molecule has 2 rings (SSSR count). The topological polar surface area (TPSA) is 0 Å². The van der Waals surface area contributed by atoms with E-state index >= 15 is 0 Å². The molecule has 2 unspecified atom stereocenters. The Morgan fingerprint density at radius 1 is 1.45 bits per heavy atom. The molecule has 0 aliphatic heterocycles. The number of hydrogen-bond acceptors (Lipinski definition) is 0. The molecule has 0 aromatic carbocycles. The molecule has 0 radical (unpaired) electrons. The van der Waals surface area contributed by atoms with Gasteiger partial charge in [-0.2, -0.15) is 0 Å². The first-order chi connectivity index (χ1) is 5.42. The van der Waals surface area contributed by atoms with Gasteiger partial charge in [0.15, 0.2) is 0 Å². The van der Waals surface area contributed by atoms with Crippen molar-refractivity contribution in [2.45, 2.75) is 32.6 Å². The summed E-state index contributed by atoms with van der Waals surface area (Å²) in [5.74, 6) is 1.82. The monoisotopic (exact) mass is 148 g/mol. The summed E-state index contributed by atoms with van der Waals surface area (Å²) in [4.78, 5) is 0. The van der Waals surface area contributed by atoms with Gasteiger partial charge < -0.3 is 0 Å². The molecule has 0 spiro atoms. The van der Waals surface area contributed by atoms with Crippen molar-refractivity contribution >= 4 is 0 Å². The van der Waals surface area contributed by atoms with E-state index in [0.29, 0.717) is 0 Å². The first kappa shape index (κ1) is 7.15. The summed E-state index contributed by atoms with van der Waals surface area (Å²) in [6, 6.07) is 0. The molecule has 2 atom stereocenters. The summed E-state index contributed by atoms with van der Waals surface area (Å²) in [5, 5.41) is 0. The van der Waals surface area contributed by atoms with E-state index in [1.54, 1.807) is 5.57 Å². The van der Waals surface area contributed by atoms with Crippen molar-refractivity contribution in [2.24, 2.45) is 11.8 Å². The first-order valence-electron chi connectivity index (χ1n) is 4.79. The van der Waals surface area contributed by atoms with Crippen LogP contribution < -0.4 is 0 Å². The van der Waals surface area contributed by atoms with Crippen molar-refractivity contribution in [1.29, 1.82) is 0 Å². The minimum atomic E-state index is 0.898. The van der Waals surface area contributed by atoms with Gasteiger partial charge in [-0.15, -0.1) is 0 Å². The Kier molecular flexibility index (Phi) is 1.85. The highest BCUT2D eigenvalue weighted by molar-refractivity contribution is 5.24. The molecule has 2 aliphatic rings. The molecule has 0 amide bonds. The van der Waals surface area contributed by atoms with Crippen molar-refractivity contribution in [2.75, 3.05) is 0 Å². The van der Waals surface area contributed by atoms with E-state index in [4.69, 9.17) is 0 Å². The quantitative estimate of drug-likeness (QED) is 0.535. The van der Waals surface area contributed by atoms with Crippen molar-refractivity contribution in [3.05, 3.63) is 23.8 Å². The van der Waals surface area contributed by atoms with Crippen LogP contribution in [0.4, 0.5) is 0 Å². The number of rotatable bonds is 1. The molecular weight excluding hydrogens is 132 g/mol. The second-order valence-corrected chi connectivity index (χ2v) is 3.68. The average molecular weight is 148 g/mol. The van der Waals surface area contributed by atoms with E-state index in [0.717, 1.165) is 11.8 Å². The van der Waals surface area contributed by atoms with Crippen LogP contribution in [0.5, 0.6) is 0 Å². The molecule has 0 N–H and O–H groups in total. The third kappa shape index (κ3) is 1.15. The Labute approximate surface area is 69.0 Å². The smallest absolute Gasteiger partial charge is 0.0137 e. The molecule has 0 aromatic rings. The molecule has 60 valence electrons. The van der Waals surface area contributed by atoms with Gasteiger partial charge in [0.1, 0.15) is 0 Å². The van der Waals surface area contributed by atoms with Gasteiger partial charge in [-0.1, -0.05) is 37.1 Å². The molecule has 11 heavy (non-hydrogen) atoms. The highest BCUT2D eigenvalue weighted by Crippen LogP contribution is 2.40. The molecule has 0 aromatic heterocycles. The van der Waals surface area contributed by atoms with Gasteiger partial charge in [-0.25, -0.2) is 0 Å². The van der Waals surface area contributed by atoms with E-state index in [1.807, 2.05) is 0 Å². The van der Waals surface area contributed by atoms with Crippen LogP contribution in [0.2, 0.25) is 0 Å². The Bertz CT molecular complexity index is 198. The van der Waals surface area contributed by atoms with Gasteiger partial charge in [0.2, 0.25) is 0 Å². The summed E-state index contributed by atoms with van der Waals surface area (Å²) in [6.45, 7) is 2.28. The minimum absolute atomic E-state index is 0.898. The molecule has 0 nitrogen and oxygen atoms in total. The van der Waals surface area contributed by atoms with Crippen LogP contribution in [0.3, 0.4) is 0 Å². The third-order valence-corrected chi connectivity index (χ3v) is 3.12. The van der Waals surface area contributed by atoms with Gasteiger partial charge in [-0.05, 0) is 31.1 Å². The molecule has 2 aliphatic carbocycles. The molecule has 0 heteroatoms. The molecule has 0 heterocycles. The molecule has 0 saturated heterocycles. The maximum atomic E-state index is 2.40. The van der Waals surface area contributed by atoms with Crippen LogP contribution in [0.15, 0.2) is 23.8 Å². The SMILES string of the molecule is CCC1=CC=CC2CCCC12.